The zero-order chi connectivity index (χ0) is 80.8. The fraction of sp³-hybridized carbons (Fsp3) is 0.280. The first-order valence-electron chi connectivity index (χ1n) is 35.4. The Morgan fingerprint density at radius 3 is 1.48 bits per heavy atom. The van der Waals surface area contributed by atoms with E-state index in [9.17, 15) is 38.4 Å². The van der Waals surface area contributed by atoms with Crippen LogP contribution in [0.3, 0.4) is 0 Å². The molecule has 0 amide bonds. The highest BCUT2D eigenvalue weighted by atomic mass is 79.9. The summed E-state index contributed by atoms with van der Waals surface area (Å²) < 4.78 is 16.2. The van der Waals surface area contributed by atoms with Gasteiger partial charge in [0.25, 0.3) is 27.8 Å². The number of aromatic amines is 5. The van der Waals surface area contributed by atoms with Crippen molar-refractivity contribution in [2.45, 2.75) is 101 Å². The highest BCUT2D eigenvalue weighted by molar-refractivity contribution is 9.11. The van der Waals surface area contributed by atoms with Gasteiger partial charge < -0.3 is 59.8 Å². The topological polar surface area (TPSA) is 456 Å². The molecule has 0 bridgehead atoms. The van der Waals surface area contributed by atoms with Crippen LogP contribution in [0.15, 0.2) is 198 Å². The SMILES string of the molecule is BrCCBr.ClCc1nnc(-c2ccccc2)o1.Nc1cc(=O)[nH]c(=S)[nH]1.Nc1cc(=O)n(CCS)c(=O)[nH]1.Nc1cc(=O)n2c(n1)SCC2.O=c1cc(Nc2ccc3c(c2)CCC3)[nH]c(=O)n1CCS.O=c1cc(Nc2ccc3c(c2)CCC3)[nH]c(=O)n1CCSCc1nnc(-c2ccccc2)o1.[Cl-].[NH3+]c1ccc2c(c1)CCC2. The molecular formula is C75H84Br2Cl2N20O10S5. The number of fused-ring (bicyclic) bond motifs is 4. The monoisotopic (exact) mass is 1810 g/mol. The van der Waals surface area contributed by atoms with Gasteiger partial charge in [-0.1, -0.05) is 98.2 Å². The molecule has 0 saturated carbocycles. The van der Waals surface area contributed by atoms with Gasteiger partial charge in [-0.15, -0.1) is 32.0 Å². The van der Waals surface area contributed by atoms with Crippen LogP contribution in [0.4, 0.5) is 46.2 Å². The van der Waals surface area contributed by atoms with Crippen molar-refractivity contribution in [1.82, 2.24) is 68.6 Å². The van der Waals surface area contributed by atoms with Gasteiger partial charge in [-0.2, -0.15) is 37.0 Å². The van der Waals surface area contributed by atoms with E-state index in [2.05, 4.69) is 178 Å². The van der Waals surface area contributed by atoms with E-state index in [1.807, 2.05) is 72.8 Å². The van der Waals surface area contributed by atoms with Crippen molar-refractivity contribution in [3.8, 4) is 22.9 Å². The van der Waals surface area contributed by atoms with E-state index in [1.54, 1.807) is 16.3 Å². The van der Waals surface area contributed by atoms with Crippen molar-refractivity contribution < 1.29 is 27.0 Å². The maximum Gasteiger partial charge on any atom is 0.329 e. The zero-order valence-corrected chi connectivity index (χ0v) is 70.3. The predicted octanol–water partition coefficient (Wildman–Crippen LogP) is 6.75. The molecule has 4 aliphatic rings. The number of aromatic nitrogens is 14. The fourth-order valence-corrected chi connectivity index (χ4v) is 14.1. The summed E-state index contributed by atoms with van der Waals surface area (Å²) >= 11 is 27.6. The summed E-state index contributed by atoms with van der Waals surface area (Å²) in [5.41, 5.74) is 30.2. The molecule has 0 unspecified atom stereocenters. The summed E-state index contributed by atoms with van der Waals surface area (Å²) in [4.78, 5) is 109. The standard InChI is InChI=1S/C24H23N5O3S.C15H17N3O2S.C9H7ClN2O.C9H11N.C6H9N3O2S.C6H7N3OS.C4H5N3OS.C2H4Br2.ClH/c30-22-14-20(25-19-10-9-16-7-4-8-18(16)13-19)26-24(31)29(22)11-12-33-15-21-27-28-23(32-21)17-5-2-1-3-6-17;19-14-9-13(17-15(20)18(14)6-7-21)16-12-5-4-10-2-1-3-11(10)8-12;10-6-8-11-12-9(13-8)7-4-2-1-3-5-7;10-9-5-4-7-2-1-3-8(7)6-9;7-4-3-5(10)9(1-2-12)6(11)8-4;7-4-3-5(10)9-1-2-11-6(9)8-4;5-2-1-3(8)7-4(9)6-2;3-1-2-4;/h1-3,5-6,9-10,13-14,25H,4,7-8,11-12,15H2,(H,26,31);4-5,8-9,16,21H,1-3,6-7H2,(H,17,20);1-5H,6H2;4-6H,1-3,10H2;3,12H,1-2,7H2,(H,8,11);3H,1-2,7H2;1H,(H4,5,6,7,8,9);1-2H2;1H. The lowest BCUT2D eigenvalue weighted by Gasteiger charge is -2.10. The van der Waals surface area contributed by atoms with Crippen LogP contribution in [-0.2, 0) is 76.3 Å². The second-order valence-corrected chi connectivity index (χ2v) is 30.3. The molecule has 0 spiro atoms. The van der Waals surface area contributed by atoms with Crippen molar-refractivity contribution in [1.29, 1.82) is 0 Å². The molecule has 8 heterocycles. The average molecular weight is 1820 g/mol. The van der Waals surface area contributed by atoms with E-state index in [1.165, 1.54) is 112 Å². The first kappa shape index (κ1) is 89.8. The Morgan fingerprint density at radius 1 is 0.544 bits per heavy atom. The molecule has 0 saturated heterocycles. The third-order valence-corrected chi connectivity index (χ3v) is 21.4. The number of benzene rings is 5. The number of alkyl halides is 3. The molecule has 114 heavy (non-hydrogen) atoms. The number of halogens is 4. The number of H-pyrrole nitrogens is 5. The van der Waals surface area contributed by atoms with Crippen molar-refractivity contribution in [3.63, 3.8) is 0 Å². The molecule has 5 aromatic carbocycles. The Bertz CT molecular complexity index is 5600. The highest BCUT2D eigenvalue weighted by Gasteiger charge is 2.17. The van der Waals surface area contributed by atoms with Crippen molar-refractivity contribution >= 4 is 151 Å². The Hall–Kier alpha value is -9.70. The second-order valence-electron chi connectivity index (χ2n) is 24.9. The smallest absolute Gasteiger partial charge is 0.329 e. The van der Waals surface area contributed by atoms with Gasteiger partial charge in [-0.3, -0.25) is 62.2 Å². The van der Waals surface area contributed by atoms with Crippen molar-refractivity contribution in [3.05, 3.63) is 279 Å². The number of hydrogen-bond acceptors (Lipinski definition) is 25. The molecule has 30 nitrogen and oxygen atoms in total. The van der Waals surface area contributed by atoms with E-state index in [-0.39, 0.29) is 70.0 Å². The van der Waals surface area contributed by atoms with Crippen LogP contribution in [-0.4, -0.2) is 102 Å². The maximum atomic E-state index is 12.5. The minimum atomic E-state index is -0.492. The van der Waals surface area contributed by atoms with Crippen LogP contribution < -0.4 is 90.8 Å². The summed E-state index contributed by atoms with van der Waals surface area (Å²) in [6.07, 6.45) is 10.6. The van der Waals surface area contributed by atoms with Crippen LogP contribution in [0, 0.1) is 4.77 Å². The van der Waals surface area contributed by atoms with E-state index in [0.29, 0.717) is 70.6 Å². The molecule has 0 fully saturated rings. The third-order valence-electron chi connectivity index (χ3n) is 16.8. The van der Waals surface area contributed by atoms with Gasteiger partial charge in [0, 0.05) is 119 Å². The molecule has 16 rings (SSSR count). The number of aryl methyl sites for hydroxylation is 6. The van der Waals surface area contributed by atoms with Gasteiger partial charge in [-0.25, -0.2) is 19.4 Å². The number of thioether (sulfide) groups is 2. The van der Waals surface area contributed by atoms with Crippen molar-refractivity contribution in [2.24, 2.45) is 0 Å². The Morgan fingerprint density at radius 2 is 1.01 bits per heavy atom. The minimum absolute atomic E-state index is 0. The predicted molar refractivity (Wildman–Crippen MR) is 464 cm³/mol. The number of anilines is 7. The number of rotatable bonds is 17. The summed E-state index contributed by atoms with van der Waals surface area (Å²) in [5, 5.41) is 24.8. The van der Waals surface area contributed by atoms with Gasteiger partial charge in [0.2, 0.25) is 23.6 Å². The van der Waals surface area contributed by atoms with E-state index >= 15 is 0 Å². The summed E-state index contributed by atoms with van der Waals surface area (Å²) in [6, 6.07) is 44.6. The minimum Gasteiger partial charge on any atom is -1.00 e. The number of quaternary nitrogens is 1. The van der Waals surface area contributed by atoms with Crippen LogP contribution in [0.25, 0.3) is 22.9 Å². The third kappa shape index (κ3) is 27.5. The molecule has 1 aliphatic heterocycles. The lowest BCUT2D eigenvalue weighted by atomic mass is 10.1. The molecule has 16 N–H and O–H groups in total. The van der Waals surface area contributed by atoms with Gasteiger partial charge in [0.15, 0.2) is 9.93 Å². The van der Waals surface area contributed by atoms with E-state index < -0.39 is 22.6 Å². The van der Waals surface area contributed by atoms with Crippen LogP contribution in [0.2, 0.25) is 0 Å². The Labute approximate surface area is 704 Å². The van der Waals surface area contributed by atoms with Gasteiger partial charge in [0.1, 0.15) is 40.7 Å². The van der Waals surface area contributed by atoms with Crippen LogP contribution in [0.5, 0.6) is 0 Å². The number of hydrogen-bond donors (Lipinski definition) is 13. The Balaban J connectivity index is 0.000000174. The fourth-order valence-electron chi connectivity index (χ4n) is 11.6. The lowest BCUT2D eigenvalue weighted by Crippen LogP contribution is -3.00. The number of nitrogens with one attached hydrogen (secondary N) is 7. The molecule has 7 aromatic heterocycles. The molecule has 602 valence electrons. The van der Waals surface area contributed by atoms with Gasteiger partial charge >= 0.3 is 17.1 Å². The molecule has 0 atom stereocenters. The quantitative estimate of drug-likeness (QED) is 0.0147. The number of nitrogens with two attached hydrogens (primary N) is 3. The number of thiol groups is 2. The summed E-state index contributed by atoms with van der Waals surface area (Å²) in [5.74, 6) is 6.55. The summed E-state index contributed by atoms with van der Waals surface area (Å²) in [6.45, 7) is 1.64. The second kappa shape index (κ2) is 46.0. The van der Waals surface area contributed by atoms with E-state index in [0.717, 1.165) is 91.1 Å². The highest BCUT2D eigenvalue weighted by Crippen LogP contribution is 2.29. The molecule has 0 radical (unpaired) electrons. The van der Waals surface area contributed by atoms with Gasteiger partial charge in [0.05, 0.1) is 5.75 Å². The zero-order valence-electron chi connectivity index (χ0n) is 61.4. The first-order chi connectivity index (χ1) is 54.6. The van der Waals surface area contributed by atoms with Crippen LogP contribution in [0.1, 0.15) is 64.4 Å². The van der Waals surface area contributed by atoms with E-state index in [4.69, 9.17) is 37.6 Å². The largest absolute Gasteiger partial charge is 1.00 e. The maximum absolute atomic E-state index is 12.5. The van der Waals surface area contributed by atoms with Gasteiger partial charge in [-0.05, 0) is 158 Å². The Kier molecular flexibility index (Phi) is 36.3. The molecule has 3 aliphatic carbocycles. The molecular weight excluding hydrogens is 1730 g/mol. The first-order valence-corrected chi connectivity index (χ1v) is 42.0. The average Bonchev–Trinajstić information content (AvgIpc) is 1.38. The van der Waals surface area contributed by atoms with Crippen LogP contribution >= 0.6 is 104 Å². The summed E-state index contributed by atoms with van der Waals surface area (Å²) in [7, 11) is 0. The number of nitrogens with zero attached hydrogens (tertiary/aromatic N) is 9. The number of nitrogen functional groups attached to an aromatic ring is 3. The molecule has 12 aromatic rings. The molecule has 39 heteroatoms. The normalized spacial score (nSPS) is 12.1. The lowest BCUT2D eigenvalue weighted by molar-refractivity contribution is -0.254. The van der Waals surface area contributed by atoms with Crippen molar-refractivity contribution in [2.75, 3.05) is 61.5 Å².